The topological polar surface area (TPSA) is 58.8 Å². The summed E-state index contributed by atoms with van der Waals surface area (Å²) in [7, 11) is 0. The fourth-order valence-corrected chi connectivity index (χ4v) is 3.08. The fourth-order valence-electron chi connectivity index (χ4n) is 3.08. The van der Waals surface area contributed by atoms with Crippen molar-refractivity contribution < 1.29 is 9.53 Å². The maximum Gasteiger partial charge on any atom is 0.228 e. The first kappa shape index (κ1) is 14.8. The van der Waals surface area contributed by atoms with Gasteiger partial charge in [0.15, 0.2) is 0 Å². The van der Waals surface area contributed by atoms with E-state index in [1.165, 1.54) is 6.42 Å². The van der Waals surface area contributed by atoms with Gasteiger partial charge in [0.25, 0.3) is 0 Å². The van der Waals surface area contributed by atoms with Crippen LogP contribution in [0.25, 0.3) is 0 Å². The molecule has 0 aliphatic carbocycles. The molecule has 0 saturated carbocycles. The Balaban J connectivity index is 1.79. The molecular formula is C14H27N3O2. The molecule has 2 heterocycles. The third-order valence-electron chi connectivity index (χ3n) is 4.32. The Bertz CT molecular complexity index is 284. The number of nitrogens with two attached hydrogens (primary N) is 1. The van der Waals surface area contributed by atoms with E-state index in [0.717, 1.165) is 52.2 Å². The van der Waals surface area contributed by atoms with Crippen molar-refractivity contribution in [2.75, 3.05) is 45.9 Å². The second-order valence-corrected chi connectivity index (χ2v) is 5.60. The summed E-state index contributed by atoms with van der Waals surface area (Å²) in [5, 5.41) is 0. The summed E-state index contributed by atoms with van der Waals surface area (Å²) in [6.07, 6.45) is 3.21. The molecule has 0 spiro atoms. The molecule has 2 unspecified atom stereocenters. The number of amides is 1. The standard InChI is InChI=1S/C14H27N3O2/c1-2-3-13(10-15)16-5-7-17(8-6-16)14(18)12-4-9-19-11-12/h12-13H,2-11,15H2,1H3. The van der Waals surface area contributed by atoms with E-state index in [4.69, 9.17) is 10.5 Å². The minimum atomic E-state index is 0.104. The summed E-state index contributed by atoms with van der Waals surface area (Å²) in [4.78, 5) is 16.7. The van der Waals surface area contributed by atoms with Crippen LogP contribution in [-0.2, 0) is 9.53 Å². The van der Waals surface area contributed by atoms with Crippen molar-refractivity contribution in [2.24, 2.45) is 11.7 Å². The minimum Gasteiger partial charge on any atom is -0.381 e. The van der Waals surface area contributed by atoms with Crippen molar-refractivity contribution in [1.82, 2.24) is 9.80 Å². The molecule has 2 aliphatic rings. The summed E-state index contributed by atoms with van der Waals surface area (Å²) in [6, 6.07) is 0.483. The molecule has 0 aromatic carbocycles. The molecule has 2 saturated heterocycles. The Morgan fingerprint density at radius 1 is 1.37 bits per heavy atom. The third-order valence-corrected chi connectivity index (χ3v) is 4.32. The molecule has 2 aliphatic heterocycles. The maximum atomic E-state index is 12.3. The smallest absolute Gasteiger partial charge is 0.228 e. The molecule has 5 nitrogen and oxygen atoms in total. The zero-order chi connectivity index (χ0) is 13.7. The molecule has 1 amide bonds. The number of hydrogen-bond acceptors (Lipinski definition) is 4. The lowest BCUT2D eigenvalue weighted by Crippen LogP contribution is -2.54. The number of piperazine rings is 1. The monoisotopic (exact) mass is 269 g/mol. The van der Waals surface area contributed by atoms with Crippen LogP contribution in [-0.4, -0.2) is 67.7 Å². The van der Waals surface area contributed by atoms with Crippen LogP contribution in [0.5, 0.6) is 0 Å². The molecule has 2 atom stereocenters. The van der Waals surface area contributed by atoms with Gasteiger partial charge in [-0.2, -0.15) is 0 Å². The molecule has 0 aromatic rings. The number of carbonyl (C=O) groups excluding carboxylic acids is 1. The van der Waals surface area contributed by atoms with E-state index < -0.39 is 0 Å². The van der Waals surface area contributed by atoms with Gasteiger partial charge in [-0.15, -0.1) is 0 Å². The van der Waals surface area contributed by atoms with Crippen molar-refractivity contribution in [1.29, 1.82) is 0 Å². The molecule has 0 bridgehead atoms. The van der Waals surface area contributed by atoms with Crippen molar-refractivity contribution in [3.8, 4) is 0 Å². The quantitative estimate of drug-likeness (QED) is 0.779. The number of rotatable bonds is 5. The Morgan fingerprint density at radius 3 is 2.63 bits per heavy atom. The van der Waals surface area contributed by atoms with Crippen LogP contribution >= 0.6 is 0 Å². The molecule has 19 heavy (non-hydrogen) atoms. The van der Waals surface area contributed by atoms with E-state index in [1.807, 2.05) is 4.90 Å². The molecule has 0 radical (unpaired) electrons. The Labute approximate surface area is 116 Å². The van der Waals surface area contributed by atoms with Crippen LogP contribution in [0.15, 0.2) is 0 Å². The van der Waals surface area contributed by atoms with Crippen LogP contribution in [0.3, 0.4) is 0 Å². The van der Waals surface area contributed by atoms with Crippen LogP contribution in [0, 0.1) is 5.92 Å². The highest BCUT2D eigenvalue weighted by molar-refractivity contribution is 5.79. The maximum absolute atomic E-state index is 12.3. The predicted molar refractivity (Wildman–Crippen MR) is 74.8 cm³/mol. The van der Waals surface area contributed by atoms with Gasteiger partial charge in [0.1, 0.15) is 0 Å². The molecule has 110 valence electrons. The molecule has 0 aromatic heterocycles. The van der Waals surface area contributed by atoms with Crippen molar-refractivity contribution in [3.05, 3.63) is 0 Å². The van der Waals surface area contributed by atoms with Gasteiger partial charge in [-0.25, -0.2) is 0 Å². The Morgan fingerprint density at radius 2 is 2.11 bits per heavy atom. The van der Waals surface area contributed by atoms with E-state index >= 15 is 0 Å². The molecule has 2 N–H and O–H groups in total. The molecule has 2 rings (SSSR count). The summed E-state index contributed by atoms with van der Waals surface area (Å²) in [5.74, 6) is 0.393. The summed E-state index contributed by atoms with van der Waals surface area (Å²) in [6.45, 7) is 7.87. The predicted octanol–water partition coefficient (Wildman–Crippen LogP) is 0.295. The van der Waals surface area contributed by atoms with Crippen molar-refractivity contribution >= 4 is 5.91 Å². The summed E-state index contributed by atoms with van der Waals surface area (Å²) in [5.41, 5.74) is 5.84. The second-order valence-electron chi connectivity index (χ2n) is 5.60. The SMILES string of the molecule is CCCC(CN)N1CCN(C(=O)C2CCOC2)CC1. The number of ether oxygens (including phenoxy) is 1. The van der Waals surface area contributed by atoms with Crippen molar-refractivity contribution in [3.63, 3.8) is 0 Å². The summed E-state index contributed by atoms with van der Waals surface area (Å²) < 4.78 is 5.30. The van der Waals surface area contributed by atoms with E-state index in [9.17, 15) is 4.79 Å². The van der Waals surface area contributed by atoms with Gasteiger partial charge >= 0.3 is 0 Å². The molecule has 2 fully saturated rings. The first-order chi connectivity index (χ1) is 9.26. The van der Waals surface area contributed by atoms with Crippen LogP contribution < -0.4 is 5.73 Å². The van der Waals surface area contributed by atoms with Gasteiger partial charge in [0, 0.05) is 45.4 Å². The Kier molecular flexibility index (Phi) is 5.60. The van der Waals surface area contributed by atoms with Crippen LogP contribution in [0.4, 0.5) is 0 Å². The first-order valence-corrected chi connectivity index (χ1v) is 7.57. The fraction of sp³-hybridized carbons (Fsp3) is 0.929. The van der Waals surface area contributed by atoms with Crippen LogP contribution in [0.2, 0.25) is 0 Å². The van der Waals surface area contributed by atoms with Crippen molar-refractivity contribution in [2.45, 2.75) is 32.2 Å². The van der Waals surface area contributed by atoms with Gasteiger partial charge in [0.2, 0.25) is 5.91 Å². The third kappa shape index (κ3) is 3.68. The normalized spacial score (nSPS) is 26.6. The highest BCUT2D eigenvalue weighted by Gasteiger charge is 2.31. The zero-order valence-electron chi connectivity index (χ0n) is 12.0. The van der Waals surface area contributed by atoms with E-state index in [-0.39, 0.29) is 11.8 Å². The molecule has 5 heteroatoms. The number of nitrogens with zero attached hydrogens (tertiary/aromatic N) is 2. The first-order valence-electron chi connectivity index (χ1n) is 7.57. The lowest BCUT2D eigenvalue weighted by molar-refractivity contribution is -0.137. The highest BCUT2D eigenvalue weighted by Crippen LogP contribution is 2.18. The van der Waals surface area contributed by atoms with Crippen LogP contribution in [0.1, 0.15) is 26.2 Å². The Hall–Kier alpha value is -0.650. The van der Waals surface area contributed by atoms with E-state index in [0.29, 0.717) is 12.6 Å². The number of hydrogen-bond donors (Lipinski definition) is 1. The van der Waals surface area contributed by atoms with Gasteiger partial charge in [-0.1, -0.05) is 13.3 Å². The lowest BCUT2D eigenvalue weighted by Gasteiger charge is -2.39. The average molecular weight is 269 g/mol. The minimum absolute atomic E-state index is 0.104. The lowest BCUT2D eigenvalue weighted by atomic mass is 10.1. The summed E-state index contributed by atoms with van der Waals surface area (Å²) >= 11 is 0. The van der Waals surface area contributed by atoms with Gasteiger partial charge in [-0.3, -0.25) is 9.69 Å². The van der Waals surface area contributed by atoms with Gasteiger partial charge in [-0.05, 0) is 12.8 Å². The average Bonchev–Trinajstić information content (AvgIpc) is 2.98. The molecular weight excluding hydrogens is 242 g/mol. The van der Waals surface area contributed by atoms with Gasteiger partial charge in [0.05, 0.1) is 12.5 Å². The number of carbonyl (C=O) groups is 1. The van der Waals surface area contributed by atoms with Gasteiger partial charge < -0.3 is 15.4 Å². The highest BCUT2D eigenvalue weighted by atomic mass is 16.5. The largest absolute Gasteiger partial charge is 0.381 e. The zero-order valence-corrected chi connectivity index (χ0v) is 12.0. The van der Waals surface area contributed by atoms with E-state index in [2.05, 4.69) is 11.8 Å². The second kappa shape index (κ2) is 7.22. The van der Waals surface area contributed by atoms with E-state index in [1.54, 1.807) is 0 Å².